The van der Waals surface area contributed by atoms with Crippen molar-refractivity contribution >= 4 is 52.4 Å². The van der Waals surface area contributed by atoms with E-state index >= 15 is 13.2 Å². The maximum absolute atomic E-state index is 15.8. The standard InChI is InChI=1S/C25H20Cl3F9N2O2/c1-3-23(30,31)14(11-6-15(26)20(28)16(27)7-11)8-17(29)12-4-5-13(21(38)40)19(25(35,36)37)18(12)10(2)22(41)39-9-24(32,33)34/h4-8,10,14H,3,9H2,1-2H3,(H2,38,40)(H,39,41)/b17-8-/t10-,14?/m1/s1. The highest BCUT2D eigenvalue weighted by Gasteiger charge is 2.43. The number of primary amides is 1. The van der Waals surface area contributed by atoms with Crippen LogP contribution in [0.4, 0.5) is 39.5 Å². The van der Waals surface area contributed by atoms with E-state index in [1.807, 2.05) is 0 Å². The minimum atomic E-state index is -5.49. The first-order chi connectivity index (χ1) is 18.6. The molecule has 226 valence electrons. The SMILES string of the molecule is CCC(F)(F)C(/C=C(\F)c1ccc(C(N)=O)c(C(F)(F)F)c1[C@@H](C)C(=O)NCC(F)(F)F)c1cc(Cl)c(Cl)c(Cl)c1. The lowest BCUT2D eigenvalue weighted by Crippen LogP contribution is -2.37. The molecule has 0 bridgehead atoms. The van der Waals surface area contributed by atoms with E-state index in [2.05, 4.69) is 0 Å². The minimum Gasteiger partial charge on any atom is -0.366 e. The Balaban J connectivity index is 2.90. The van der Waals surface area contributed by atoms with Gasteiger partial charge in [-0.25, -0.2) is 13.2 Å². The molecule has 0 heterocycles. The number of hydrogen-bond donors (Lipinski definition) is 2. The van der Waals surface area contributed by atoms with Gasteiger partial charge in [0.25, 0.3) is 5.92 Å². The van der Waals surface area contributed by atoms with Crippen molar-refractivity contribution in [3.8, 4) is 0 Å². The second-order valence-corrected chi connectivity index (χ2v) is 9.96. The topological polar surface area (TPSA) is 72.2 Å². The van der Waals surface area contributed by atoms with Crippen molar-refractivity contribution in [1.29, 1.82) is 0 Å². The number of rotatable bonds is 9. The van der Waals surface area contributed by atoms with Crippen LogP contribution in [0.3, 0.4) is 0 Å². The number of benzene rings is 2. The zero-order chi connectivity index (χ0) is 31.7. The first-order valence-electron chi connectivity index (χ1n) is 11.4. The van der Waals surface area contributed by atoms with Crippen molar-refractivity contribution in [2.75, 3.05) is 6.54 Å². The Bertz CT molecular complexity index is 1340. The molecule has 0 aromatic heterocycles. The third kappa shape index (κ3) is 8.23. The van der Waals surface area contributed by atoms with E-state index in [9.17, 15) is 35.9 Å². The van der Waals surface area contributed by atoms with Crippen LogP contribution in [0.15, 0.2) is 30.3 Å². The molecule has 0 aliphatic carbocycles. The van der Waals surface area contributed by atoms with Gasteiger partial charge in [-0.1, -0.05) is 47.8 Å². The predicted octanol–water partition coefficient (Wildman–Crippen LogP) is 8.69. The molecule has 0 fully saturated rings. The Morgan fingerprint density at radius 3 is 1.93 bits per heavy atom. The van der Waals surface area contributed by atoms with E-state index in [4.69, 9.17) is 40.5 Å². The molecule has 2 amide bonds. The number of nitrogens with one attached hydrogen (secondary N) is 1. The van der Waals surface area contributed by atoms with Crippen LogP contribution in [-0.2, 0) is 11.0 Å². The van der Waals surface area contributed by atoms with Gasteiger partial charge in [0.1, 0.15) is 12.4 Å². The quantitative estimate of drug-likeness (QED) is 0.209. The Morgan fingerprint density at radius 2 is 1.49 bits per heavy atom. The molecule has 2 atom stereocenters. The average Bonchev–Trinajstić information content (AvgIpc) is 2.85. The largest absolute Gasteiger partial charge is 0.417 e. The number of halogens is 12. The van der Waals surface area contributed by atoms with Crippen molar-refractivity contribution < 1.29 is 49.1 Å². The number of nitrogens with two attached hydrogens (primary N) is 1. The normalized spacial score (nSPS) is 14.5. The lowest BCUT2D eigenvalue weighted by atomic mass is 9.84. The summed E-state index contributed by atoms with van der Waals surface area (Å²) in [6, 6.07) is 2.92. The van der Waals surface area contributed by atoms with Gasteiger partial charge in [0.05, 0.1) is 38.0 Å². The molecule has 0 aliphatic heterocycles. The zero-order valence-electron chi connectivity index (χ0n) is 20.9. The van der Waals surface area contributed by atoms with Crippen LogP contribution < -0.4 is 11.1 Å². The molecular weight excluding hydrogens is 638 g/mol. The monoisotopic (exact) mass is 656 g/mol. The van der Waals surface area contributed by atoms with Gasteiger partial charge in [0.2, 0.25) is 11.8 Å². The lowest BCUT2D eigenvalue weighted by Gasteiger charge is -2.26. The molecule has 0 aliphatic rings. The fourth-order valence-electron chi connectivity index (χ4n) is 3.93. The van der Waals surface area contributed by atoms with Gasteiger partial charge in [-0.2, -0.15) is 26.3 Å². The van der Waals surface area contributed by atoms with Gasteiger partial charge in [-0.05, 0) is 42.3 Å². The van der Waals surface area contributed by atoms with Crippen LogP contribution in [0.25, 0.3) is 5.83 Å². The van der Waals surface area contributed by atoms with E-state index in [0.29, 0.717) is 19.1 Å². The Morgan fingerprint density at radius 1 is 0.976 bits per heavy atom. The first-order valence-corrected chi connectivity index (χ1v) is 12.5. The van der Waals surface area contributed by atoms with Crippen LogP contribution in [0, 0.1) is 0 Å². The van der Waals surface area contributed by atoms with Crippen LogP contribution in [0.2, 0.25) is 15.1 Å². The van der Waals surface area contributed by atoms with Gasteiger partial charge in [0.15, 0.2) is 0 Å². The number of alkyl halides is 8. The van der Waals surface area contributed by atoms with Crippen molar-refractivity contribution in [2.45, 2.75) is 50.4 Å². The first kappa shape index (κ1) is 34.6. The molecule has 16 heteroatoms. The Hall–Kier alpha value is -2.64. The maximum Gasteiger partial charge on any atom is 0.417 e. The molecule has 2 aromatic rings. The van der Waals surface area contributed by atoms with Crippen molar-refractivity contribution in [1.82, 2.24) is 5.32 Å². The summed E-state index contributed by atoms with van der Waals surface area (Å²) in [6.07, 6.45) is -11.1. The molecule has 2 rings (SSSR count). The number of amides is 2. The maximum atomic E-state index is 15.8. The molecule has 4 nitrogen and oxygen atoms in total. The van der Waals surface area contributed by atoms with E-state index < -0.39 is 83.0 Å². The van der Waals surface area contributed by atoms with Gasteiger partial charge in [-0.15, -0.1) is 0 Å². The number of hydrogen-bond acceptors (Lipinski definition) is 2. The summed E-state index contributed by atoms with van der Waals surface area (Å²) in [5, 5.41) is 0.589. The van der Waals surface area contributed by atoms with E-state index in [0.717, 1.165) is 19.1 Å². The lowest BCUT2D eigenvalue weighted by molar-refractivity contribution is -0.141. The summed E-state index contributed by atoms with van der Waals surface area (Å²) in [5.74, 6) is -13.1. The fourth-order valence-corrected chi connectivity index (χ4v) is 4.55. The van der Waals surface area contributed by atoms with Gasteiger partial charge in [0, 0.05) is 12.0 Å². The molecule has 0 saturated heterocycles. The van der Waals surface area contributed by atoms with Gasteiger partial charge >= 0.3 is 12.4 Å². The highest BCUT2D eigenvalue weighted by Crippen LogP contribution is 2.45. The van der Waals surface area contributed by atoms with Crippen LogP contribution in [0.5, 0.6) is 0 Å². The summed E-state index contributed by atoms with van der Waals surface area (Å²) in [4.78, 5) is 24.3. The second-order valence-electron chi connectivity index (χ2n) is 8.77. The summed E-state index contributed by atoms with van der Waals surface area (Å²) >= 11 is 17.7. The summed E-state index contributed by atoms with van der Waals surface area (Å²) in [6.45, 7) is -0.182. The molecule has 0 radical (unpaired) electrons. The van der Waals surface area contributed by atoms with E-state index in [-0.39, 0.29) is 26.7 Å². The molecule has 0 saturated carbocycles. The third-order valence-corrected chi connectivity index (χ3v) is 7.14. The van der Waals surface area contributed by atoms with Crippen molar-refractivity contribution in [2.24, 2.45) is 5.73 Å². The molecule has 3 N–H and O–H groups in total. The average molecular weight is 658 g/mol. The fraction of sp³-hybridized carbons (Fsp3) is 0.360. The summed E-state index contributed by atoms with van der Waals surface area (Å²) in [7, 11) is 0. The minimum absolute atomic E-state index is 0.210. The number of allylic oxidation sites excluding steroid dienone is 1. The van der Waals surface area contributed by atoms with Crippen molar-refractivity contribution in [3.63, 3.8) is 0 Å². The molecule has 1 unspecified atom stereocenters. The Labute approximate surface area is 242 Å². The summed E-state index contributed by atoms with van der Waals surface area (Å²) in [5.41, 5.74) is -0.887. The van der Waals surface area contributed by atoms with E-state index in [1.165, 1.54) is 5.32 Å². The molecule has 0 spiro atoms. The van der Waals surface area contributed by atoms with Crippen LogP contribution >= 0.6 is 34.8 Å². The predicted molar refractivity (Wildman–Crippen MR) is 136 cm³/mol. The van der Waals surface area contributed by atoms with Gasteiger partial charge in [-0.3, -0.25) is 9.59 Å². The van der Waals surface area contributed by atoms with Crippen LogP contribution in [0.1, 0.15) is 64.7 Å². The zero-order valence-corrected chi connectivity index (χ0v) is 23.2. The number of carbonyl (C=O) groups excluding carboxylic acids is 2. The van der Waals surface area contributed by atoms with Crippen LogP contribution in [-0.4, -0.2) is 30.5 Å². The second kappa shape index (κ2) is 12.7. The third-order valence-electron chi connectivity index (χ3n) is 5.95. The summed E-state index contributed by atoms with van der Waals surface area (Å²) < 4.78 is 126. The molecule has 2 aromatic carbocycles. The van der Waals surface area contributed by atoms with Gasteiger partial charge < -0.3 is 11.1 Å². The van der Waals surface area contributed by atoms with E-state index in [1.54, 1.807) is 0 Å². The van der Waals surface area contributed by atoms with Crippen molar-refractivity contribution in [3.05, 3.63) is 73.2 Å². The Kier molecular flexibility index (Phi) is 10.7. The highest BCUT2D eigenvalue weighted by atomic mass is 35.5. The molecule has 41 heavy (non-hydrogen) atoms. The highest BCUT2D eigenvalue weighted by molar-refractivity contribution is 6.48. The smallest absolute Gasteiger partial charge is 0.366 e. The number of carbonyl (C=O) groups is 2. The molecular formula is C25H20Cl3F9N2O2.